The van der Waals surface area contributed by atoms with E-state index in [1.54, 1.807) is 0 Å². The lowest BCUT2D eigenvalue weighted by Crippen LogP contribution is -2.45. The molecule has 0 saturated carbocycles. The van der Waals surface area contributed by atoms with E-state index in [1.807, 2.05) is 4.90 Å². The smallest absolute Gasteiger partial charge is 0.231 e. The fraction of sp³-hybridized carbons (Fsp3) is 0.600. The summed E-state index contributed by atoms with van der Waals surface area (Å²) in [4.78, 5) is 28.0. The van der Waals surface area contributed by atoms with Crippen LogP contribution in [-0.4, -0.2) is 54.3 Å². The standard InChI is InChI=1S/C20H30N4O2/c21-19(25)15-24-10-4-7-18(14-24)20(26)22-12-16-5-3-6-17(11-16)13-23-8-1-2-9-23/h3,5-6,11,18H,1-2,4,7-10,12-15H2,(H2,21,25)(H,22,26). The molecule has 2 heterocycles. The first-order valence-electron chi connectivity index (χ1n) is 9.69. The Bertz CT molecular complexity index is 628. The maximum absolute atomic E-state index is 12.5. The van der Waals surface area contributed by atoms with Gasteiger partial charge in [0.2, 0.25) is 11.8 Å². The summed E-state index contributed by atoms with van der Waals surface area (Å²) in [7, 11) is 0. The fourth-order valence-electron chi connectivity index (χ4n) is 4.00. The molecule has 0 bridgehead atoms. The highest BCUT2D eigenvalue weighted by molar-refractivity contribution is 5.79. The summed E-state index contributed by atoms with van der Waals surface area (Å²) < 4.78 is 0. The number of rotatable bonds is 7. The molecule has 1 atom stereocenters. The summed E-state index contributed by atoms with van der Waals surface area (Å²) in [6, 6.07) is 8.49. The highest BCUT2D eigenvalue weighted by Gasteiger charge is 2.26. The molecule has 0 spiro atoms. The minimum Gasteiger partial charge on any atom is -0.369 e. The highest BCUT2D eigenvalue weighted by atomic mass is 16.2. The molecule has 2 aliphatic rings. The van der Waals surface area contributed by atoms with Crippen molar-refractivity contribution in [2.75, 3.05) is 32.7 Å². The van der Waals surface area contributed by atoms with E-state index in [-0.39, 0.29) is 24.3 Å². The number of primary amides is 1. The molecule has 2 saturated heterocycles. The maximum atomic E-state index is 12.5. The van der Waals surface area contributed by atoms with Crippen molar-refractivity contribution >= 4 is 11.8 Å². The van der Waals surface area contributed by atoms with Crippen molar-refractivity contribution in [3.05, 3.63) is 35.4 Å². The predicted molar refractivity (Wildman–Crippen MR) is 101 cm³/mol. The molecule has 0 aliphatic carbocycles. The number of benzene rings is 1. The van der Waals surface area contributed by atoms with Crippen molar-refractivity contribution in [2.24, 2.45) is 11.7 Å². The number of piperidine rings is 1. The lowest BCUT2D eigenvalue weighted by Gasteiger charge is -2.31. The Kier molecular flexibility index (Phi) is 6.63. The quantitative estimate of drug-likeness (QED) is 0.765. The second-order valence-corrected chi connectivity index (χ2v) is 7.56. The van der Waals surface area contributed by atoms with Crippen LogP contribution in [0.25, 0.3) is 0 Å². The second kappa shape index (κ2) is 9.14. The Morgan fingerprint density at radius 1 is 1.08 bits per heavy atom. The third kappa shape index (κ3) is 5.54. The largest absolute Gasteiger partial charge is 0.369 e. The van der Waals surface area contributed by atoms with E-state index in [9.17, 15) is 9.59 Å². The number of carbonyl (C=O) groups is 2. The van der Waals surface area contributed by atoms with Crippen LogP contribution in [0.4, 0.5) is 0 Å². The van der Waals surface area contributed by atoms with Crippen molar-refractivity contribution < 1.29 is 9.59 Å². The van der Waals surface area contributed by atoms with Gasteiger partial charge in [-0.2, -0.15) is 0 Å². The first-order chi connectivity index (χ1) is 12.6. The molecule has 2 amide bonds. The summed E-state index contributed by atoms with van der Waals surface area (Å²) in [6.07, 6.45) is 4.39. The molecule has 2 aliphatic heterocycles. The van der Waals surface area contributed by atoms with Crippen molar-refractivity contribution in [1.29, 1.82) is 0 Å². The third-order valence-corrected chi connectivity index (χ3v) is 5.32. The van der Waals surface area contributed by atoms with E-state index in [0.717, 1.165) is 31.5 Å². The van der Waals surface area contributed by atoms with E-state index < -0.39 is 0 Å². The topological polar surface area (TPSA) is 78.7 Å². The van der Waals surface area contributed by atoms with Gasteiger partial charge in [0.15, 0.2) is 0 Å². The summed E-state index contributed by atoms with van der Waals surface area (Å²) in [5, 5.41) is 3.07. The van der Waals surface area contributed by atoms with Gasteiger partial charge in [-0.05, 0) is 56.4 Å². The normalized spacial score (nSPS) is 21.6. The van der Waals surface area contributed by atoms with Crippen molar-refractivity contribution in [1.82, 2.24) is 15.1 Å². The van der Waals surface area contributed by atoms with Gasteiger partial charge in [-0.25, -0.2) is 0 Å². The molecule has 1 aromatic rings. The van der Waals surface area contributed by atoms with Gasteiger partial charge in [-0.15, -0.1) is 0 Å². The number of nitrogens with zero attached hydrogens (tertiary/aromatic N) is 2. The van der Waals surface area contributed by atoms with Crippen molar-refractivity contribution in [2.45, 2.75) is 38.8 Å². The van der Waals surface area contributed by atoms with E-state index in [4.69, 9.17) is 5.73 Å². The summed E-state index contributed by atoms with van der Waals surface area (Å²) in [5.41, 5.74) is 7.72. The molecule has 26 heavy (non-hydrogen) atoms. The zero-order valence-electron chi connectivity index (χ0n) is 15.5. The number of nitrogens with two attached hydrogens (primary N) is 1. The second-order valence-electron chi connectivity index (χ2n) is 7.56. The van der Waals surface area contributed by atoms with Crippen molar-refractivity contribution in [3.63, 3.8) is 0 Å². The van der Waals surface area contributed by atoms with Gasteiger partial charge in [0.1, 0.15) is 0 Å². The zero-order valence-corrected chi connectivity index (χ0v) is 15.5. The Balaban J connectivity index is 1.48. The molecule has 142 valence electrons. The first kappa shape index (κ1) is 18.9. The summed E-state index contributed by atoms with van der Waals surface area (Å²) in [5.74, 6) is -0.319. The molecule has 0 aromatic heterocycles. The molecule has 3 N–H and O–H groups in total. The van der Waals surface area contributed by atoms with E-state index in [2.05, 4.69) is 34.5 Å². The zero-order chi connectivity index (χ0) is 18.4. The number of hydrogen-bond donors (Lipinski definition) is 2. The highest BCUT2D eigenvalue weighted by Crippen LogP contribution is 2.17. The average molecular weight is 358 g/mol. The van der Waals surface area contributed by atoms with Crippen LogP contribution in [0.3, 0.4) is 0 Å². The van der Waals surface area contributed by atoms with Gasteiger partial charge in [0, 0.05) is 19.6 Å². The first-order valence-corrected chi connectivity index (χ1v) is 9.69. The predicted octanol–water partition coefficient (Wildman–Crippen LogP) is 1.10. The van der Waals surface area contributed by atoms with Crippen LogP contribution in [-0.2, 0) is 22.7 Å². The van der Waals surface area contributed by atoms with E-state index in [1.165, 1.54) is 31.5 Å². The molecule has 6 nitrogen and oxygen atoms in total. The van der Waals surface area contributed by atoms with Gasteiger partial charge in [0.25, 0.3) is 0 Å². The number of carbonyl (C=O) groups excluding carboxylic acids is 2. The molecular weight excluding hydrogens is 328 g/mol. The number of amides is 2. The SMILES string of the molecule is NC(=O)CN1CCCC(C(=O)NCc2cccc(CN3CCCC3)c2)C1. The van der Waals surface area contributed by atoms with Crippen LogP contribution >= 0.6 is 0 Å². The average Bonchev–Trinajstić information content (AvgIpc) is 3.12. The maximum Gasteiger partial charge on any atom is 0.231 e. The summed E-state index contributed by atoms with van der Waals surface area (Å²) in [6.45, 7) is 5.61. The molecule has 2 fully saturated rings. The van der Waals surface area contributed by atoms with Crippen LogP contribution < -0.4 is 11.1 Å². The Morgan fingerprint density at radius 3 is 2.58 bits per heavy atom. The molecule has 1 aromatic carbocycles. The van der Waals surface area contributed by atoms with E-state index >= 15 is 0 Å². The van der Waals surface area contributed by atoms with Crippen molar-refractivity contribution in [3.8, 4) is 0 Å². The van der Waals surface area contributed by atoms with Crippen LogP contribution in [0.1, 0.15) is 36.8 Å². The number of nitrogens with one attached hydrogen (secondary N) is 1. The third-order valence-electron chi connectivity index (χ3n) is 5.32. The van der Waals surface area contributed by atoms with Gasteiger partial charge in [0.05, 0.1) is 12.5 Å². The van der Waals surface area contributed by atoms with Gasteiger partial charge < -0.3 is 11.1 Å². The Labute approximate surface area is 155 Å². The minimum atomic E-state index is -0.333. The fourth-order valence-corrected chi connectivity index (χ4v) is 4.00. The Morgan fingerprint density at radius 2 is 1.81 bits per heavy atom. The lowest BCUT2D eigenvalue weighted by atomic mass is 9.97. The van der Waals surface area contributed by atoms with Gasteiger partial charge >= 0.3 is 0 Å². The van der Waals surface area contributed by atoms with Gasteiger partial charge in [-0.1, -0.05) is 24.3 Å². The number of hydrogen-bond acceptors (Lipinski definition) is 4. The van der Waals surface area contributed by atoms with Crippen LogP contribution in [0.2, 0.25) is 0 Å². The van der Waals surface area contributed by atoms with E-state index in [0.29, 0.717) is 13.1 Å². The van der Waals surface area contributed by atoms with Gasteiger partial charge in [-0.3, -0.25) is 19.4 Å². The van der Waals surface area contributed by atoms with Crippen LogP contribution in [0, 0.1) is 5.92 Å². The van der Waals surface area contributed by atoms with Crippen LogP contribution in [0.5, 0.6) is 0 Å². The monoisotopic (exact) mass is 358 g/mol. The van der Waals surface area contributed by atoms with Crippen LogP contribution in [0.15, 0.2) is 24.3 Å². The Hall–Kier alpha value is -1.92. The minimum absolute atomic E-state index is 0.0594. The molecular formula is C20H30N4O2. The molecule has 6 heteroatoms. The summed E-state index contributed by atoms with van der Waals surface area (Å²) >= 11 is 0. The number of likely N-dealkylation sites (tertiary alicyclic amines) is 2. The molecule has 1 unspecified atom stereocenters. The molecule has 0 radical (unpaired) electrons. The molecule has 3 rings (SSSR count). The lowest BCUT2D eigenvalue weighted by molar-refractivity contribution is -0.128.